The third kappa shape index (κ3) is 24.3. The average Bonchev–Trinajstić information content (AvgIpc) is 2.34. The summed E-state index contributed by atoms with van der Waals surface area (Å²) in [5, 5.41) is 77.9. The molecular weight excluding hydrogens is 525 g/mol. The molecule has 0 saturated carbocycles. The number of carbonyl (C=O) groups excluding carboxylic acids is 6. The van der Waals surface area contributed by atoms with E-state index in [9.17, 15) is 59.4 Å². The Morgan fingerprint density at radius 1 is 0.484 bits per heavy atom. The van der Waals surface area contributed by atoms with Gasteiger partial charge in [-0.3, -0.25) is 0 Å². The number of carboxylic acid groups (broad SMARTS) is 6. The van der Waals surface area contributed by atoms with Gasteiger partial charge in [-0.25, -0.2) is 0 Å². The van der Waals surface area contributed by atoms with E-state index < -0.39 is 72.7 Å². The zero-order valence-electron chi connectivity index (χ0n) is 17.3. The molecule has 0 aliphatic rings. The summed E-state index contributed by atoms with van der Waals surface area (Å²) in [7, 11) is 0. The predicted molar refractivity (Wildman–Crippen MR) is 58.4 cm³/mol. The molecule has 0 spiro atoms. The Labute approximate surface area is 276 Å². The van der Waals surface area contributed by atoms with E-state index in [0.29, 0.717) is 0 Å². The molecule has 14 nitrogen and oxygen atoms in total. The monoisotopic (exact) mass is 534 g/mol. The van der Waals surface area contributed by atoms with E-state index >= 15 is 0 Å². The summed E-state index contributed by atoms with van der Waals surface area (Å²) in [5.41, 5.74) is -5.95. The van der Waals surface area contributed by atoms with Gasteiger partial charge < -0.3 is 69.6 Å². The second kappa shape index (κ2) is 23.1. The van der Waals surface area contributed by atoms with Crippen LogP contribution in [0.2, 0.25) is 0 Å². The molecule has 0 aromatic carbocycles. The molecule has 0 radical (unpaired) electrons. The number of hydrogen-bond acceptors (Lipinski definition) is 14. The predicted octanol–water partition coefficient (Wildman–Crippen LogP) is -22.5. The molecule has 0 unspecified atom stereocenters. The van der Waals surface area contributed by atoms with E-state index in [1.54, 1.807) is 0 Å². The molecule has 0 aliphatic heterocycles. The molecule has 0 amide bonds. The number of aliphatic hydroxyl groups is 2. The van der Waals surface area contributed by atoms with Crippen molar-refractivity contribution in [2.75, 3.05) is 0 Å². The molecule has 0 rings (SSSR count). The minimum absolute atomic E-state index is 0. The second-order valence-corrected chi connectivity index (χ2v) is 4.83. The van der Waals surface area contributed by atoms with Crippen LogP contribution in [0, 0.1) is 0 Å². The van der Waals surface area contributed by atoms with Gasteiger partial charge in [0.05, 0.1) is 11.9 Å². The van der Waals surface area contributed by atoms with Crippen molar-refractivity contribution >= 4 is 35.8 Å². The van der Waals surface area contributed by atoms with E-state index in [1.807, 2.05) is 0 Å². The minimum Gasteiger partial charge on any atom is -0.550 e. The maximum atomic E-state index is 10.1. The Bertz CT molecular complexity index is 530. The van der Waals surface area contributed by atoms with Crippen molar-refractivity contribution in [1.29, 1.82) is 0 Å². The summed E-state index contributed by atoms with van der Waals surface area (Å²) in [4.78, 5) is 60.0. The van der Waals surface area contributed by atoms with Gasteiger partial charge in [-0.1, -0.05) is 0 Å². The van der Waals surface area contributed by atoms with E-state index in [1.165, 1.54) is 0 Å². The summed E-state index contributed by atoms with van der Waals surface area (Å²) in [6.07, 6.45) is -5.43. The van der Waals surface area contributed by atoms with Gasteiger partial charge in [0.1, 0.15) is 11.2 Å². The van der Waals surface area contributed by atoms with Gasteiger partial charge in [-0.15, -0.1) is 0 Å². The van der Waals surface area contributed by atoms with E-state index in [-0.39, 0.29) is 138 Å². The fraction of sp³-hybridized carbons (Fsp3) is 0.500. The first kappa shape index (κ1) is 49.5. The first-order valence-corrected chi connectivity index (χ1v) is 6.23. The van der Waals surface area contributed by atoms with Crippen LogP contribution >= 0.6 is 0 Å². The molecule has 0 aromatic rings. The number of rotatable bonds is 10. The summed E-state index contributed by atoms with van der Waals surface area (Å²) in [6.45, 7) is 0. The van der Waals surface area contributed by atoms with E-state index in [4.69, 9.17) is 10.2 Å². The zero-order valence-corrected chi connectivity index (χ0v) is 28.3. The van der Waals surface area contributed by atoms with Gasteiger partial charge in [-0.2, -0.15) is 0 Å². The minimum atomic E-state index is -2.97. The standard InChI is InChI=1S/2C6H8O7.4Na.Zn/c2*7-3(8)1-6(13,5(11)12)2-4(9)10;;;;;/h2*13H,1-2H2,(H,7,8)(H,9,10)(H,11,12);;;;;/q;;4*+1;+2/p-6. The molecule has 0 aromatic heterocycles. The van der Waals surface area contributed by atoms with Crippen molar-refractivity contribution in [3.05, 3.63) is 0 Å². The summed E-state index contributed by atoms with van der Waals surface area (Å²) >= 11 is 0. The van der Waals surface area contributed by atoms with Crippen LogP contribution in [0.15, 0.2) is 0 Å². The fourth-order valence-electron chi connectivity index (χ4n) is 1.37. The molecule has 0 bridgehead atoms. The summed E-state index contributed by atoms with van der Waals surface area (Å²) in [5.74, 6) is -12.0. The van der Waals surface area contributed by atoms with Crippen LogP contribution in [0.5, 0.6) is 0 Å². The smallest absolute Gasteiger partial charge is 0.550 e. The Morgan fingerprint density at radius 2 is 0.613 bits per heavy atom. The van der Waals surface area contributed by atoms with Crippen LogP contribution in [0.1, 0.15) is 25.7 Å². The molecule has 0 heterocycles. The van der Waals surface area contributed by atoms with Gasteiger partial charge in [0.2, 0.25) is 0 Å². The van der Waals surface area contributed by atoms with Crippen LogP contribution in [0.25, 0.3) is 0 Å². The number of carboxylic acids is 6. The van der Waals surface area contributed by atoms with Crippen LogP contribution in [-0.4, -0.2) is 57.2 Å². The van der Waals surface area contributed by atoms with Crippen molar-refractivity contribution < 1.29 is 207 Å². The van der Waals surface area contributed by atoms with Crippen LogP contribution < -0.4 is 149 Å². The van der Waals surface area contributed by atoms with Crippen LogP contribution in [0.4, 0.5) is 0 Å². The van der Waals surface area contributed by atoms with Gasteiger partial charge in [0, 0.05) is 49.6 Å². The van der Waals surface area contributed by atoms with E-state index in [2.05, 4.69) is 0 Å². The largest absolute Gasteiger partial charge is 2.00 e. The maximum absolute atomic E-state index is 10.1. The van der Waals surface area contributed by atoms with Gasteiger partial charge >= 0.3 is 138 Å². The summed E-state index contributed by atoms with van der Waals surface area (Å²) in [6, 6.07) is 0. The topological polar surface area (TPSA) is 281 Å². The van der Waals surface area contributed by atoms with Crippen LogP contribution in [-0.2, 0) is 48.2 Å². The molecule has 0 aliphatic carbocycles. The SMILES string of the molecule is O=C([O-])CC(O)(CC(=O)[O-])C(=O)[O-].O=C([O-])CC(O)(CC(=O)[O-])C(=O)[O-].[Na+].[Na+].[Na+].[Na+].[Zn+2]. The normalized spacial score (nSPS) is 9.10. The van der Waals surface area contributed by atoms with Gasteiger partial charge in [0.25, 0.3) is 0 Å². The third-order valence-electron chi connectivity index (χ3n) is 2.51. The van der Waals surface area contributed by atoms with Gasteiger partial charge in [0.15, 0.2) is 0 Å². The molecule has 19 heteroatoms. The van der Waals surface area contributed by atoms with Crippen molar-refractivity contribution in [2.45, 2.75) is 36.9 Å². The Kier molecular flexibility index (Phi) is 36.9. The van der Waals surface area contributed by atoms with E-state index in [0.717, 1.165) is 0 Å². The number of carbonyl (C=O) groups is 6. The number of aliphatic carboxylic acids is 6. The number of hydrogen-bond donors (Lipinski definition) is 2. The van der Waals surface area contributed by atoms with Gasteiger partial charge in [-0.05, 0) is 0 Å². The maximum Gasteiger partial charge on any atom is 2.00 e. The Morgan fingerprint density at radius 3 is 0.677 bits per heavy atom. The molecular formula is C12H10Na4O14Zn. The fourth-order valence-corrected chi connectivity index (χ4v) is 1.37. The third-order valence-corrected chi connectivity index (χ3v) is 2.51. The Balaban J connectivity index is -0.0000000640. The molecule has 0 fully saturated rings. The summed E-state index contributed by atoms with van der Waals surface area (Å²) < 4.78 is 0. The van der Waals surface area contributed by atoms with Crippen molar-refractivity contribution in [1.82, 2.24) is 0 Å². The van der Waals surface area contributed by atoms with Crippen LogP contribution in [0.3, 0.4) is 0 Å². The second-order valence-electron chi connectivity index (χ2n) is 4.83. The first-order chi connectivity index (χ1) is 11.6. The molecule has 0 atom stereocenters. The zero-order chi connectivity index (χ0) is 21.3. The van der Waals surface area contributed by atoms with Crippen molar-refractivity contribution in [2.24, 2.45) is 0 Å². The molecule has 31 heavy (non-hydrogen) atoms. The van der Waals surface area contributed by atoms with Crippen molar-refractivity contribution in [3.8, 4) is 0 Å². The molecule has 0 saturated heterocycles. The molecule has 2 N–H and O–H groups in total. The average molecular weight is 536 g/mol. The quantitative estimate of drug-likeness (QED) is 0.246. The first-order valence-electron chi connectivity index (χ1n) is 6.23. The Hall–Kier alpha value is 1.36. The molecule has 148 valence electrons. The van der Waals surface area contributed by atoms with Crippen molar-refractivity contribution in [3.63, 3.8) is 0 Å².